The fraction of sp³-hybridized carbons (Fsp3) is 0.500. The van der Waals surface area contributed by atoms with Gasteiger partial charge in [0.1, 0.15) is 0 Å². The molecular formula is C36H45N. The van der Waals surface area contributed by atoms with Gasteiger partial charge in [-0.2, -0.15) is 0 Å². The summed E-state index contributed by atoms with van der Waals surface area (Å²) in [5.74, 6) is 5.38. The lowest BCUT2D eigenvalue weighted by Crippen LogP contribution is -2.48. The molecular weight excluding hydrogens is 446 g/mol. The molecule has 1 nitrogen and oxygen atoms in total. The van der Waals surface area contributed by atoms with Crippen LogP contribution in [-0.4, -0.2) is 6.54 Å². The molecule has 0 aromatic heterocycles. The summed E-state index contributed by atoms with van der Waals surface area (Å²) in [6.45, 7) is 3.24. The zero-order valence-electron chi connectivity index (χ0n) is 22.6. The maximum Gasteiger partial charge on any atom is -0.00458 e. The molecule has 37 heavy (non-hydrogen) atoms. The summed E-state index contributed by atoms with van der Waals surface area (Å²) in [6.07, 6.45) is 27.8. The second-order valence-electron chi connectivity index (χ2n) is 12.4. The molecule has 1 fully saturated rings. The number of fused-ring (bicyclic) bond motifs is 3. The lowest BCUT2D eigenvalue weighted by atomic mass is 9.50. The molecule has 0 radical (unpaired) electrons. The molecule has 1 heteroatoms. The Morgan fingerprint density at radius 3 is 2.65 bits per heavy atom. The maximum atomic E-state index is 6.67. The van der Waals surface area contributed by atoms with Crippen LogP contribution in [0.4, 0.5) is 0 Å². The summed E-state index contributed by atoms with van der Waals surface area (Å²) >= 11 is 0. The van der Waals surface area contributed by atoms with Crippen LogP contribution in [0.25, 0.3) is 10.8 Å². The van der Waals surface area contributed by atoms with Crippen molar-refractivity contribution in [3.05, 3.63) is 96.1 Å². The van der Waals surface area contributed by atoms with Gasteiger partial charge in [-0.3, -0.25) is 0 Å². The average molecular weight is 492 g/mol. The Hall–Kier alpha value is -2.38. The van der Waals surface area contributed by atoms with E-state index in [2.05, 4.69) is 91.9 Å². The van der Waals surface area contributed by atoms with Gasteiger partial charge in [0.25, 0.3) is 0 Å². The highest BCUT2D eigenvalue weighted by Gasteiger charge is 2.50. The van der Waals surface area contributed by atoms with E-state index < -0.39 is 0 Å². The van der Waals surface area contributed by atoms with Crippen LogP contribution in [-0.2, 0) is 0 Å². The van der Waals surface area contributed by atoms with Gasteiger partial charge in [-0.05, 0) is 122 Å². The van der Waals surface area contributed by atoms with E-state index in [1.807, 2.05) is 0 Å². The number of hydrogen-bond donors (Lipinski definition) is 1. The van der Waals surface area contributed by atoms with E-state index >= 15 is 0 Å². The van der Waals surface area contributed by atoms with Crippen molar-refractivity contribution < 1.29 is 0 Å². The first kappa shape index (κ1) is 24.9. The molecule has 2 N–H and O–H groups in total. The highest BCUT2D eigenvalue weighted by molar-refractivity contribution is 5.86. The standard InChI is InChI=1S/C36H45N/c1-25(29-21-11-15-26-12-5-6-16-30(26)29)22-23-28(24-37)36-33-19-9-7-17-31(33)35(27-13-3-2-4-14-27)32-18-8-10-20-34(32)36/h3,5-7,9-13,15-17,20-21,25,27-28,32-36H,2,4,8,14,18-19,22-24,37H2,1H3. The van der Waals surface area contributed by atoms with Gasteiger partial charge in [-0.25, -0.2) is 0 Å². The van der Waals surface area contributed by atoms with Crippen LogP contribution in [0, 0.1) is 41.4 Å². The molecule has 4 aliphatic carbocycles. The van der Waals surface area contributed by atoms with Crippen LogP contribution < -0.4 is 5.73 Å². The number of nitrogens with two attached hydrogens (primary N) is 1. The summed E-state index contributed by atoms with van der Waals surface area (Å²) in [4.78, 5) is 0. The van der Waals surface area contributed by atoms with Gasteiger partial charge in [-0.15, -0.1) is 0 Å². The van der Waals surface area contributed by atoms with E-state index in [-0.39, 0.29) is 0 Å². The molecule has 0 saturated heterocycles. The molecule has 194 valence electrons. The molecule has 0 heterocycles. The van der Waals surface area contributed by atoms with Crippen molar-refractivity contribution in [3.8, 4) is 0 Å². The molecule has 4 aliphatic rings. The van der Waals surface area contributed by atoms with Crippen molar-refractivity contribution >= 4 is 10.8 Å². The SMILES string of the molecule is CC(CCC(CN)C1C2CC=CC=C2C(C2C=CCCC2)C2CCC=CC21)c1cccc2ccccc12. The van der Waals surface area contributed by atoms with Crippen LogP contribution in [0.3, 0.4) is 0 Å². The second kappa shape index (κ2) is 11.2. The monoisotopic (exact) mass is 491 g/mol. The minimum Gasteiger partial charge on any atom is -0.330 e. The summed E-state index contributed by atoms with van der Waals surface area (Å²) in [5.41, 5.74) is 9.94. The van der Waals surface area contributed by atoms with Gasteiger partial charge in [0.2, 0.25) is 0 Å². The molecule has 2 aromatic carbocycles. The van der Waals surface area contributed by atoms with Gasteiger partial charge >= 0.3 is 0 Å². The van der Waals surface area contributed by atoms with Gasteiger partial charge in [0.15, 0.2) is 0 Å². The van der Waals surface area contributed by atoms with E-state index in [1.165, 1.54) is 67.7 Å². The van der Waals surface area contributed by atoms with Crippen molar-refractivity contribution in [2.24, 2.45) is 47.2 Å². The largest absolute Gasteiger partial charge is 0.330 e. The predicted octanol–water partition coefficient (Wildman–Crippen LogP) is 8.99. The minimum atomic E-state index is 0.544. The summed E-state index contributed by atoms with van der Waals surface area (Å²) in [7, 11) is 0. The quantitative estimate of drug-likeness (QED) is 0.384. The lowest BCUT2D eigenvalue weighted by molar-refractivity contribution is 0.0447. The molecule has 6 rings (SSSR count). The first-order valence-corrected chi connectivity index (χ1v) is 15.1. The fourth-order valence-electron chi connectivity index (χ4n) is 8.74. The van der Waals surface area contributed by atoms with Gasteiger partial charge in [0, 0.05) is 0 Å². The van der Waals surface area contributed by atoms with E-state index in [0.717, 1.165) is 24.3 Å². The Morgan fingerprint density at radius 2 is 1.78 bits per heavy atom. The van der Waals surface area contributed by atoms with Crippen LogP contribution in [0.2, 0.25) is 0 Å². The topological polar surface area (TPSA) is 26.0 Å². The zero-order valence-corrected chi connectivity index (χ0v) is 22.6. The summed E-state index contributed by atoms with van der Waals surface area (Å²) in [5, 5.41) is 2.78. The molecule has 0 amide bonds. The van der Waals surface area contributed by atoms with Crippen molar-refractivity contribution in [1.29, 1.82) is 0 Å². The van der Waals surface area contributed by atoms with Crippen molar-refractivity contribution in [1.82, 2.24) is 0 Å². The molecule has 1 saturated carbocycles. The molecule has 2 aromatic rings. The highest BCUT2D eigenvalue weighted by atomic mass is 14.6. The Labute approximate surface area is 224 Å². The lowest BCUT2D eigenvalue weighted by Gasteiger charge is -2.54. The minimum absolute atomic E-state index is 0.544. The number of hydrogen-bond acceptors (Lipinski definition) is 1. The third kappa shape index (κ3) is 4.81. The van der Waals surface area contributed by atoms with Crippen LogP contribution in [0.15, 0.2) is 90.6 Å². The Bertz CT molecular complexity index is 1190. The van der Waals surface area contributed by atoms with Gasteiger partial charge in [0.05, 0.1) is 0 Å². The van der Waals surface area contributed by atoms with E-state index in [1.54, 1.807) is 5.57 Å². The number of benzene rings is 2. The smallest absolute Gasteiger partial charge is 0.00458 e. The Kier molecular flexibility index (Phi) is 7.52. The molecule has 0 bridgehead atoms. The highest BCUT2D eigenvalue weighted by Crippen LogP contribution is 2.57. The Morgan fingerprint density at radius 1 is 0.919 bits per heavy atom. The first-order chi connectivity index (χ1) is 18.3. The summed E-state index contributed by atoms with van der Waals surface area (Å²) < 4.78 is 0. The van der Waals surface area contributed by atoms with Crippen molar-refractivity contribution in [3.63, 3.8) is 0 Å². The summed E-state index contributed by atoms with van der Waals surface area (Å²) in [6, 6.07) is 15.7. The normalized spacial score (nSPS) is 32.4. The molecule has 8 unspecified atom stereocenters. The zero-order chi connectivity index (χ0) is 25.2. The van der Waals surface area contributed by atoms with Gasteiger partial charge < -0.3 is 5.73 Å². The van der Waals surface area contributed by atoms with E-state index in [9.17, 15) is 0 Å². The maximum absolute atomic E-state index is 6.67. The molecule has 8 atom stereocenters. The second-order valence-corrected chi connectivity index (χ2v) is 12.4. The fourth-order valence-corrected chi connectivity index (χ4v) is 8.74. The van der Waals surface area contributed by atoms with Crippen LogP contribution in [0.5, 0.6) is 0 Å². The third-order valence-electron chi connectivity index (χ3n) is 10.4. The molecule has 0 spiro atoms. The van der Waals surface area contributed by atoms with Crippen LogP contribution in [0.1, 0.15) is 69.8 Å². The third-order valence-corrected chi connectivity index (χ3v) is 10.4. The van der Waals surface area contributed by atoms with Gasteiger partial charge in [-0.1, -0.05) is 97.5 Å². The van der Waals surface area contributed by atoms with Crippen LogP contribution >= 0.6 is 0 Å². The predicted molar refractivity (Wildman–Crippen MR) is 158 cm³/mol. The average Bonchev–Trinajstić information content (AvgIpc) is 2.97. The van der Waals surface area contributed by atoms with E-state index in [4.69, 9.17) is 5.73 Å². The number of rotatable bonds is 7. The Balaban J connectivity index is 1.27. The molecule has 0 aliphatic heterocycles. The van der Waals surface area contributed by atoms with Crippen molar-refractivity contribution in [2.75, 3.05) is 6.54 Å². The number of allylic oxidation sites excluding steroid dienone is 8. The first-order valence-electron chi connectivity index (χ1n) is 15.1. The van der Waals surface area contributed by atoms with Crippen molar-refractivity contribution in [2.45, 2.75) is 64.2 Å². The van der Waals surface area contributed by atoms with E-state index in [0.29, 0.717) is 29.6 Å².